The maximum Gasteiger partial charge on any atom is 0.320 e. The van der Waals surface area contributed by atoms with E-state index < -0.39 is 17.4 Å². The quantitative estimate of drug-likeness (QED) is 0.629. The second-order valence-electron chi connectivity index (χ2n) is 6.47. The van der Waals surface area contributed by atoms with Gasteiger partial charge in [0.1, 0.15) is 5.88 Å². The van der Waals surface area contributed by atoms with Crippen molar-refractivity contribution in [1.82, 2.24) is 5.32 Å². The minimum atomic E-state index is -1.09. The van der Waals surface area contributed by atoms with Crippen molar-refractivity contribution < 1.29 is 14.3 Å². The minimum Gasteiger partial charge on any atom is -0.443 e. The van der Waals surface area contributed by atoms with E-state index in [0.717, 1.165) is 5.56 Å². The molecule has 5 nitrogen and oxygen atoms in total. The molecule has 1 unspecified atom stereocenters. The van der Waals surface area contributed by atoms with Gasteiger partial charge in [-0.1, -0.05) is 36.3 Å². The second-order valence-corrected chi connectivity index (χ2v) is 6.73. The average Bonchev–Trinajstić information content (AvgIpc) is 3.01. The van der Waals surface area contributed by atoms with Gasteiger partial charge >= 0.3 is 6.03 Å². The standard InChI is InChI=1S/C20H19ClN2O3/c1-4-19(2,3)23-18(24)22-15-10-11-16-17(12-15)26-20(13-21,25-16)14-8-6-5-7-9-14/h1,5-12H,13H2,2-3H3,(H2,22,23,24). The predicted molar refractivity (Wildman–Crippen MR) is 102 cm³/mol. The van der Waals surface area contributed by atoms with Gasteiger partial charge in [-0.25, -0.2) is 4.79 Å². The lowest BCUT2D eigenvalue weighted by Crippen LogP contribution is -2.44. The Labute approximate surface area is 157 Å². The fourth-order valence-electron chi connectivity index (χ4n) is 2.55. The summed E-state index contributed by atoms with van der Waals surface area (Å²) in [6.07, 6.45) is 5.38. The van der Waals surface area contributed by atoms with E-state index in [1.54, 1.807) is 32.0 Å². The summed E-state index contributed by atoms with van der Waals surface area (Å²) in [5, 5.41) is 5.43. The van der Waals surface area contributed by atoms with E-state index in [4.69, 9.17) is 27.5 Å². The molecule has 0 saturated heterocycles. The van der Waals surface area contributed by atoms with Gasteiger partial charge in [0.25, 0.3) is 5.79 Å². The molecule has 0 aromatic heterocycles. The maximum atomic E-state index is 12.1. The third-order valence-corrected chi connectivity index (χ3v) is 4.28. The van der Waals surface area contributed by atoms with Crippen LogP contribution in [0.25, 0.3) is 0 Å². The first-order valence-electron chi connectivity index (χ1n) is 8.08. The molecule has 134 valence electrons. The van der Waals surface area contributed by atoms with Gasteiger partial charge in [0.2, 0.25) is 0 Å². The lowest BCUT2D eigenvalue weighted by Gasteiger charge is -2.25. The molecule has 2 aromatic rings. The molecule has 0 bridgehead atoms. The average molecular weight is 371 g/mol. The Bertz CT molecular complexity index is 861. The van der Waals surface area contributed by atoms with Gasteiger partial charge in [-0.2, -0.15) is 0 Å². The number of fused-ring (bicyclic) bond motifs is 1. The molecule has 0 saturated carbocycles. The second kappa shape index (κ2) is 6.81. The zero-order chi connectivity index (χ0) is 18.8. The Morgan fingerprint density at radius 2 is 1.88 bits per heavy atom. The largest absolute Gasteiger partial charge is 0.443 e. The SMILES string of the molecule is C#CC(C)(C)NC(=O)Nc1ccc2c(c1)OC(CCl)(c1ccccc1)O2. The number of anilines is 1. The highest BCUT2D eigenvalue weighted by molar-refractivity contribution is 6.18. The predicted octanol–water partition coefficient (Wildman–Crippen LogP) is 4.08. The van der Waals surface area contributed by atoms with Crippen LogP contribution in [-0.2, 0) is 5.79 Å². The molecule has 0 radical (unpaired) electrons. The number of benzene rings is 2. The molecule has 2 amide bonds. The van der Waals surface area contributed by atoms with Gasteiger partial charge in [0, 0.05) is 17.3 Å². The molecule has 2 N–H and O–H groups in total. The number of nitrogens with one attached hydrogen (secondary N) is 2. The van der Waals surface area contributed by atoms with E-state index in [1.165, 1.54) is 0 Å². The van der Waals surface area contributed by atoms with Gasteiger partial charge in [0.05, 0.1) is 5.54 Å². The summed E-state index contributed by atoms with van der Waals surface area (Å²) in [5.41, 5.74) is 0.618. The maximum absolute atomic E-state index is 12.1. The molecule has 1 atom stereocenters. The molecule has 1 heterocycles. The summed E-state index contributed by atoms with van der Waals surface area (Å²) < 4.78 is 12.0. The van der Waals surface area contributed by atoms with Crippen LogP contribution in [0.1, 0.15) is 19.4 Å². The van der Waals surface area contributed by atoms with Crippen molar-refractivity contribution in [3.8, 4) is 23.8 Å². The third kappa shape index (κ3) is 3.56. The number of hydrogen-bond acceptors (Lipinski definition) is 3. The Morgan fingerprint density at radius 1 is 1.19 bits per heavy atom. The molecule has 6 heteroatoms. The molecular formula is C20H19ClN2O3. The third-order valence-electron chi connectivity index (χ3n) is 3.93. The van der Waals surface area contributed by atoms with Crippen LogP contribution in [0.4, 0.5) is 10.5 Å². The van der Waals surface area contributed by atoms with Crippen molar-refractivity contribution in [2.24, 2.45) is 0 Å². The Hall–Kier alpha value is -2.84. The zero-order valence-electron chi connectivity index (χ0n) is 14.5. The molecule has 26 heavy (non-hydrogen) atoms. The molecule has 1 aliphatic heterocycles. The van der Waals surface area contributed by atoms with Crippen LogP contribution in [0.2, 0.25) is 0 Å². The first kappa shape index (κ1) is 18.0. The zero-order valence-corrected chi connectivity index (χ0v) is 15.3. The fourth-order valence-corrected chi connectivity index (χ4v) is 2.81. The summed E-state index contributed by atoms with van der Waals surface area (Å²) in [6, 6.07) is 14.2. The van der Waals surface area contributed by atoms with Crippen molar-refractivity contribution in [2.45, 2.75) is 25.2 Å². The Morgan fingerprint density at radius 3 is 2.54 bits per heavy atom. The summed E-state index contributed by atoms with van der Waals surface area (Å²) >= 11 is 6.15. The lowest BCUT2D eigenvalue weighted by atomic mass is 10.1. The number of urea groups is 1. The number of halogens is 1. The van der Waals surface area contributed by atoms with Crippen molar-refractivity contribution in [3.05, 3.63) is 54.1 Å². The van der Waals surface area contributed by atoms with Crippen molar-refractivity contribution in [1.29, 1.82) is 0 Å². The van der Waals surface area contributed by atoms with E-state index in [1.807, 2.05) is 30.3 Å². The summed E-state index contributed by atoms with van der Waals surface area (Å²) in [5.74, 6) is 2.60. The van der Waals surface area contributed by atoms with Crippen LogP contribution >= 0.6 is 11.6 Å². The fraction of sp³-hybridized carbons (Fsp3) is 0.250. The highest BCUT2D eigenvalue weighted by Crippen LogP contribution is 2.45. The van der Waals surface area contributed by atoms with Crippen molar-refractivity contribution in [2.75, 3.05) is 11.2 Å². The molecular weight excluding hydrogens is 352 g/mol. The Kier molecular flexibility index (Phi) is 4.71. The number of amides is 2. The van der Waals surface area contributed by atoms with Crippen LogP contribution in [0.3, 0.4) is 0 Å². The van der Waals surface area contributed by atoms with Crippen LogP contribution in [0.5, 0.6) is 11.5 Å². The van der Waals surface area contributed by atoms with Crippen LogP contribution in [0, 0.1) is 12.3 Å². The van der Waals surface area contributed by atoms with E-state index >= 15 is 0 Å². The lowest BCUT2D eigenvalue weighted by molar-refractivity contribution is -0.0644. The van der Waals surface area contributed by atoms with E-state index in [9.17, 15) is 4.79 Å². The number of ether oxygens (including phenoxy) is 2. The molecule has 0 aliphatic carbocycles. The van der Waals surface area contributed by atoms with Crippen LogP contribution < -0.4 is 20.1 Å². The van der Waals surface area contributed by atoms with Crippen LogP contribution in [-0.4, -0.2) is 17.5 Å². The summed E-state index contributed by atoms with van der Waals surface area (Å²) in [4.78, 5) is 12.1. The Balaban J connectivity index is 1.78. The van der Waals surface area contributed by atoms with Crippen molar-refractivity contribution in [3.63, 3.8) is 0 Å². The van der Waals surface area contributed by atoms with Gasteiger partial charge in [-0.3, -0.25) is 0 Å². The molecule has 3 rings (SSSR count). The van der Waals surface area contributed by atoms with Crippen molar-refractivity contribution >= 4 is 23.3 Å². The van der Waals surface area contributed by atoms with Gasteiger partial charge in [0.15, 0.2) is 11.5 Å². The van der Waals surface area contributed by atoms with Gasteiger partial charge in [-0.05, 0) is 26.0 Å². The molecule has 0 fully saturated rings. The number of hydrogen-bond donors (Lipinski definition) is 2. The van der Waals surface area contributed by atoms with E-state index in [2.05, 4.69) is 16.6 Å². The highest BCUT2D eigenvalue weighted by Gasteiger charge is 2.43. The monoisotopic (exact) mass is 370 g/mol. The molecule has 0 spiro atoms. The minimum absolute atomic E-state index is 0.116. The molecule has 2 aromatic carbocycles. The summed E-state index contributed by atoms with van der Waals surface area (Å²) in [7, 11) is 0. The first-order chi connectivity index (χ1) is 12.4. The number of carbonyl (C=O) groups is 1. The summed E-state index contributed by atoms with van der Waals surface area (Å²) in [6.45, 7) is 3.47. The smallest absolute Gasteiger partial charge is 0.320 e. The van der Waals surface area contributed by atoms with Gasteiger partial charge in [-0.15, -0.1) is 18.0 Å². The molecule has 1 aliphatic rings. The highest BCUT2D eigenvalue weighted by atomic mass is 35.5. The van der Waals surface area contributed by atoms with E-state index in [-0.39, 0.29) is 5.88 Å². The topological polar surface area (TPSA) is 59.6 Å². The number of alkyl halides is 1. The van der Waals surface area contributed by atoms with Crippen LogP contribution in [0.15, 0.2) is 48.5 Å². The number of rotatable bonds is 4. The first-order valence-corrected chi connectivity index (χ1v) is 8.61. The normalized spacial score (nSPS) is 18.1. The number of terminal acetylenes is 1. The number of carbonyl (C=O) groups excluding carboxylic acids is 1. The van der Waals surface area contributed by atoms with E-state index in [0.29, 0.717) is 17.2 Å². The van der Waals surface area contributed by atoms with Gasteiger partial charge < -0.3 is 20.1 Å².